The van der Waals surface area contributed by atoms with Crippen molar-refractivity contribution in [2.45, 2.75) is 6.92 Å². The highest BCUT2D eigenvalue weighted by atomic mass is 16.5. The quantitative estimate of drug-likeness (QED) is 0.474. The van der Waals surface area contributed by atoms with E-state index in [0.717, 1.165) is 39.1 Å². The predicted octanol–water partition coefficient (Wildman–Crippen LogP) is 6.01. The largest absolute Gasteiger partial charge is 0.457 e. The van der Waals surface area contributed by atoms with Gasteiger partial charge in [0.15, 0.2) is 0 Å². The van der Waals surface area contributed by atoms with Gasteiger partial charge in [-0.1, -0.05) is 54.6 Å². The molecule has 0 aromatic heterocycles. The fraction of sp³-hybridized carbons (Fsp3) is 0.0400. The van der Waals surface area contributed by atoms with Gasteiger partial charge in [-0.15, -0.1) is 0 Å². The maximum atomic E-state index is 12.4. The molecular formula is C25H18N2O2. The van der Waals surface area contributed by atoms with Crippen molar-refractivity contribution < 1.29 is 9.53 Å². The van der Waals surface area contributed by atoms with E-state index < -0.39 is 0 Å². The summed E-state index contributed by atoms with van der Waals surface area (Å²) in [5.41, 5.74) is 3.85. The molecule has 0 saturated carbocycles. The molecule has 1 aliphatic heterocycles. The van der Waals surface area contributed by atoms with Crippen molar-refractivity contribution in [2.24, 2.45) is 4.99 Å². The van der Waals surface area contributed by atoms with Crippen molar-refractivity contribution >= 4 is 33.8 Å². The van der Waals surface area contributed by atoms with Crippen molar-refractivity contribution in [3.63, 3.8) is 0 Å². The molecule has 0 fully saturated rings. The molecule has 29 heavy (non-hydrogen) atoms. The number of aliphatic imine (C=N–C) groups is 1. The lowest BCUT2D eigenvalue weighted by Crippen LogP contribution is -2.13. The summed E-state index contributed by atoms with van der Waals surface area (Å²) in [5.74, 6) is 1.35. The third-order valence-corrected chi connectivity index (χ3v) is 5.04. The van der Waals surface area contributed by atoms with Crippen LogP contribution >= 0.6 is 0 Å². The van der Waals surface area contributed by atoms with Crippen LogP contribution < -0.4 is 10.1 Å². The summed E-state index contributed by atoms with van der Waals surface area (Å²) >= 11 is 0. The van der Waals surface area contributed by atoms with Gasteiger partial charge in [0.05, 0.1) is 11.4 Å². The number of para-hydroxylation sites is 1. The van der Waals surface area contributed by atoms with Gasteiger partial charge >= 0.3 is 0 Å². The highest BCUT2D eigenvalue weighted by Gasteiger charge is 2.26. The maximum absolute atomic E-state index is 12.4. The van der Waals surface area contributed by atoms with Crippen molar-refractivity contribution in [3.05, 3.63) is 96.1 Å². The monoisotopic (exact) mass is 378 g/mol. The van der Waals surface area contributed by atoms with Crippen LogP contribution in [-0.4, -0.2) is 11.6 Å². The number of anilines is 1. The van der Waals surface area contributed by atoms with Gasteiger partial charge in [-0.25, -0.2) is 4.99 Å². The molecule has 1 amide bonds. The Morgan fingerprint density at radius 2 is 1.59 bits per heavy atom. The normalized spacial score (nSPS) is 14.1. The molecule has 0 bridgehead atoms. The molecule has 4 heteroatoms. The molecule has 0 atom stereocenters. The minimum absolute atomic E-state index is 0.176. The number of hydrogen-bond acceptors (Lipinski definition) is 3. The third kappa shape index (κ3) is 3.15. The van der Waals surface area contributed by atoms with E-state index in [1.807, 2.05) is 79.7 Å². The van der Waals surface area contributed by atoms with Crippen LogP contribution in [0, 0.1) is 6.92 Å². The van der Waals surface area contributed by atoms with E-state index in [1.54, 1.807) is 0 Å². The first-order valence-corrected chi connectivity index (χ1v) is 9.45. The predicted molar refractivity (Wildman–Crippen MR) is 116 cm³/mol. The van der Waals surface area contributed by atoms with E-state index in [-0.39, 0.29) is 5.91 Å². The van der Waals surface area contributed by atoms with Crippen molar-refractivity contribution in [1.29, 1.82) is 0 Å². The standard InChI is InChI=1S/C25H18N2O2/c1-16-6-4-10-21-23(16)27-25(28)24(21)26-18-12-14-19(15-13-18)29-22-11-5-8-17-7-2-3-9-20(17)22/h2-15H,1H3,(H,26,27,28). The highest BCUT2D eigenvalue weighted by Crippen LogP contribution is 2.32. The number of benzene rings is 4. The number of fused-ring (bicyclic) bond motifs is 2. The second-order valence-corrected chi connectivity index (χ2v) is 6.99. The Bertz CT molecular complexity index is 1270. The minimum atomic E-state index is -0.176. The fourth-order valence-electron chi connectivity index (χ4n) is 3.57. The number of ether oxygens (including phenoxy) is 1. The molecule has 0 radical (unpaired) electrons. The molecule has 4 aromatic carbocycles. The Morgan fingerprint density at radius 1 is 0.828 bits per heavy atom. The number of nitrogens with one attached hydrogen (secondary N) is 1. The topological polar surface area (TPSA) is 50.7 Å². The van der Waals surface area contributed by atoms with Crippen molar-refractivity contribution in [1.82, 2.24) is 0 Å². The summed E-state index contributed by atoms with van der Waals surface area (Å²) in [6.45, 7) is 1.97. The SMILES string of the molecule is Cc1cccc2c1NC(=O)C2=Nc1ccc(Oc2cccc3ccccc23)cc1. The maximum Gasteiger partial charge on any atom is 0.275 e. The zero-order valence-corrected chi connectivity index (χ0v) is 15.8. The molecule has 0 spiro atoms. The van der Waals surface area contributed by atoms with Gasteiger partial charge in [-0.2, -0.15) is 0 Å². The van der Waals surface area contributed by atoms with Crippen LogP contribution in [0.5, 0.6) is 11.5 Å². The lowest BCUT2D eigenvalue weighted by atomic mass is 10.1. The van der Waals surface area contributed by atoms with E-state index in [0.29, 0.717) is 11.4 Å². The number of aryl methyl sites for hydroxylation is 1. The van der Waals surface area contributed by atoms with Gasteiger partial charge in [0.1, 0.15) is 17.2 Å². The molecule has 0 unspecified atom stereocenters. The van der Waals surface area contributed by atoms with E-state index in [9.17, 15) is 4.79 Å². The smallest absolute Gasteiger partial charge is 0.275 e. The number of carbonyl (C=O) groups is 1. The summed E-state index contributed by atoms with van der Waals surface area (Å²) < 4.78 is 6.08. The van der Waals surface area contributed by atoms with E-state index in [4.69, 9.17) is 4.74 Å². The van der Waals surface area contributed by atoms with E-state index in [2.05, 4.69) is 22.4 Å². The van der Waals surface area contributed by atoms with Gasteiger partial charge in [-0.05, 0) is 48.2 Å². The minimum Gasteiger partial charge on any atom is -0.457 e. The summed E-state index contributed by atoms with van der Waals surface area (Å²) in [6.07, 6.45) is 0. The summed E-state index contributed by atoms with van der Waals surface area (Å²) in [5, 5.41) is 5.10. The zero-order chi connectivity index (χ0) is 19.8. The van der Waals surface area contributed by atoms with Crippen LogP contribution in [0.2, 0.25) is 0 Å². The summed E-state index contributed by atoms with van der Waals surface area (Å²) in [6, 6.07) is 27.4. The van der Waals surface area contributed by atoms with Gasteiger partial charge in [0.2, 0.25) is 0 Å². The molecule has 1 heterocycles. The number of rotatable bonds is 3. The van der Waals surface area contributed by atoms with Crippen LogP contribution in [0.3, 0.4) is 0 Å². The fourth-order valence-corrected chi connectivity index (χ4v) is 3.57. The first-order chi connectivity index (χ1) is 14.2. The highest BCUT2D eigenvalue weighted by molar-refractivity contribution is 6.54. The van der Waals surface area contributed by atoms with Crippen molar-refractivity contribution in [2.75, 3.05) is 5.32 Å². The molecule has 1 aliphatic rings. The van der Waals surface area contributed by atoms with Crippen LogP contribution in [0.1, 0.15) is 11.1 Å². The van der Waals surface area contributed by atoms with Crippen LogP contribution in [-0.2, 0) is 4.79 Å². The Labute approximate surface area is 168 Å². The molecule has 140 valence electrons. The van der Waals surface area contributed by atoms with Gasteiger partial charge < -0.3 is 10.1 Å². The second kappa shape index (κ2) is 6.91. The van der Waals surface area contributed by atoms with Crippen molar-refractivity contribution in [3.8, 4) is 11.5 Å². The first kappa shape index (κ1) is 17.2. The molecule has 4 nitrogen and oxygen atoms in total. The number of hydrogen-bond donors (Lipinski definition) is 1. The zero-order valence-electron chi connectivity index (χ0n) is 15.8. The Kier molecular flexibility index (Phi) is 4.10. The Hall–Kier alpha value is -3.92. The van der Waals surface area contributed by atoms with Gasteiger partial charge in [0, 0.05) is 10.9 Å². The van der Waals surface area contributed by atoms with E-state index in [1.165, 1.54) is 0 Å². The third-order valence-electron chi connectivity index (χ3n) is 5.04. The molecule has 4 aromatic rings. The molecule has 0 aliphatic carbocycles. The number of carbonyl (C=O) groups excluding carboxylic acids is 1. The average molecular weight is 378 g/mol. The number of nitrogens with zero attached hydrogens (tertiary/aromatic N) is 1. The van der Waals surface area contributed by atoms with Crippen LogP contribution in [0.15, 0.2) is 89.9 Å². The van der Waals surface area contributed by atoms with E-state index >= 15 is 0 Å². The number of amides is 1. The lowest BCUT2D eigenvalue weighted by Gasteiger charge is -2.09. The van der Waals surface area contributed by atoms with Crippen LogP contribution in [0.25, 0.3) is 10.8 Å². The first-order valence-electron chi connectivity index (χ1n) is 9.45. The molecular weight excluding hydrogens is 360 g/mol. The van der Waals surface area contributed by atoms with Crippen LogP contribution in [0.4, 0.5) is 11.4 Å². The molecule has 5 rings (SSSR count). The summed E-state index contributed by atoms with van der Waals surface area (Å²) in [7, 11) is 0. The average Bonchev–Trinajstić information content (AvgIpc) is 3.06. The lowest BCUT2D eigenvalue weighted by molar-refractivity contribution is -0.110. The van der Waals surface area contributed by atoms with Gasteiger partial charge in [0.25, 0.3) is 5.91 Å². The molecule has 0 saturated heterocycles. The Balaban J connectivity index is 1.44. The van der Waals surface area contributed by atoms with Gasteiger partial charge in [-0.3, -0.25) is 4.79 Å². The summed E-state index contributed by atoms with van der Waals surface area (Å²) in [4.78, 5) is 16.9. The second-order valence-electron chi connectivity index (χ2n) is 6.99. The Morgan fingerprint density at radius 3 is 2.45 bits per heavy atom. The molecule has 1 N–H and O–H groups in total.